The molecule has 0 radical (unpaired) electrons. The van der Waals surface area contributed by atoms with Gasteiger partial charge in [0.05, 0.1) is 0 Å². The highest BCUT2D eigenvalue weighted by atomic mass is 16.3. The monoisotopic (exact) mass is 732 g/mol. The Labute approximate surface area is 334 Å². The fraction of sp³-hybridized carbons (Fsp3) is 0. The molecule has 9 aromatic carbocycles. The highest BCUT2D eigenvalue weighted by Crippen LogP contribution is 2.39. The average Bonchev–Trinajstić information content (AvgIpc) is 3.29. The van der Waals surface area contributed by atoms with Crippen molar-refractivity contribution < 1.29 is 5.11 Å². The molecule has 3 heteroatoms. The quantitative estimate of drug-likeness (QED) is 0.152. The highest BCUT2D eigenvalue weighted by Gasteiger charge is 2.16. The van der Waals surface area contributed by atoms with Crippen LogP contribution in [0.15, 0.2) is 237 Å². The second-order valence-corrected chi connectivity index (χ2v) is 14.0. The van der Waals surface area contributed by atoms with E-state index in [1.807, 2.05) is 18.2 Å². The number of anilines is 6. The minimum absolute atomic E-state index is 0.266. The summed E-state index contributed by atoms with van der Waals surface area (Å²) in [5.74, 6) is 0.266. The van der Waals surface area contributed by atoms with E-state index in [-0.39, 0.29) is 5.75 Å². The Balaban J connectivity index is 1.01. The first-order valence-electron chi connectivity index (χ1n) is 19.2. The molecular formula is C54H40N2O. The largest absolute Gasteiger partial charge is 0.508 e. The molecule has 0 aliphatic rings. The predicted octanol–water partition coefficient (Wildman–Crippen LogP) is 15.0. The van der Waals surface area contributed by atoms with Gasteiger partial charge in [0.25, 0.3) is 0 Å². The molecule has 0 heterocycles. The van der Waals surface area contributed by atoms with Crippen LogP contribution in [0.25, 0.3) is 44.5 Å². The molecule has 0 aliphatic heterocycles. The summed E-state index contributed by atoms with van der Waals surface area (Å²) >= 11 is 0. The lowest BCUT2D eigenvalue weighted by molar-refractivity contribution is 0.475. The Morgan fingerprint density at radius 1 is 0.193 bits per heavy atom. The van der Waals surface area contributed by atoms with Gasteiger partial charge in [0.1, 0.15) is 5.75 Å². The molecule has 9 aromatic rings. The molecule has 9 rings (SSSR count). The minimum atomic E-state index is 0.266. The molecule has 1 N–H and O–H groups in total. The van der Waals surface area contributed by atoms with Crippen LogP contribution in [0.5, 0.6) is 5.75 Å². The standard InChI is InChI=1S/C54H40N2O/c57-54-38-26-47(27-39-54)46-24-34-50(35-25-46)55(48-14-8-3-9-15-48)49-32-20-44(21-33-49)45-22-36-53(37-23-45)56(51-28-16-42(17-29-51)40-10-4-1-5-11-40)52-30-18-43(19-31-52)41-12-6-2-7-13-41/h1-39,57H. The number of nitrogens with zero attached hydrogens (tertiary/aromatic N) is 2. The van der Waals surface area contributed by atoms with Crippen molar-refractivity contribution in [1.29, 1.82) is 0 Å². The topological polar surface area (TPSA) is 26.7 Å². The first kappa shape index (κ1) is 35.1. The maximum absolute atomic E-state index is 9.75. The number of phenols is 1. The van der Waals surface area contributed by atoms with Crippen molar-refractivity contribution in [2.45, 2.75) is 0 Å². The summed E-state index contributed by atoms with van der Waals surface area (Å²) in [6, 6.07) is 82.7. The molecule has 0 saturated carbocycles. The first-order chi connectivity index (χ1) is 28.2. The molecule has 3 nitrogen and oxygen atoms in total. The zero-order valence-corrected chi connectivity index (χ0v) is 31.4. The van der Waals surface area contributed by atoms with Gasteiger partial charge in [-0.2, -0.15) is 0 Å². The molecule has 0 atom stereocenters. The van der Waals surface area contributed by atoms with Crippen LogP contribution >= 0.6 is 0 Å². The van der Waals surface area contributed by atoms with E-state index in [4.69, 9.17) is 0 Å². The van der Waals surface area contributed by atoms with Crippen LogP contribution in [0, 0.1) is 0 Å². The third kappa shape index (κ3) is 7.68. The fourth-order valence-electron chi connectivity index (χ4n) is 7.40. The lowest BCUT2D eigenvalue weighted by Gasteiger charge is -2.26. The smallest absolute Gasteiger partial charge is 0.115 e. The number of benzene rings is 9. The third-order valence-electron chi connectivity index (χ3n) is 10.4. The van der Waals surface area contributed by atoms with Gasteiger partial charge in [0, 0.05) is 34.1 Å². The van der Waals surface area contributed by atoms with E-state index >= 15 is 0 Å². The normalized spacial score (nSPS) is 10.9. The number of phenolic OH excluding ortho intramolecular Hbond substituents is 1. The number of hydrogen-bond donors (Lipinski definition) is 1. The summed E-state index contributed by atoms with van der Waals surface area (Å²) in [5.41, 5.74) is 15.7. The maximum atomic E-state index is 9.75. The van der Waals surface area contributed by atoms with E-state index in [2.05, 4.69) is 216 Å². The van der Waals surface area contributed by atoms with Crippen molar-refractivity contribution in [2.24, 2.45) is 0 Å². The number of aromatic hydroxyl groups is 1. The summed E-state index contributed by atoms with van der Waals surface area (Å²) in [7, 11) is 0. The van der Waals surface area contributed by atoms with Crippen molar-refractivity contribution in [2.75, 3.05) is 9.80 Å². The van der Waals surface area contributed by atoms with Gasteiger partial charge in [0.15, 0.2) is 0 Å². The molecule has 0 fully saturated rings. The summed E-state index contributed by atoms with van der Waals surface area (Å²) < 4.78 is 0. The van der Waals surface area contributed by atoms with Crippen LogP contribution in [-0.2, 0) is 0 Å². The predicted molar refractivity (Wildman–Crippen MR) is 239 cm³/mol. The van der Waals surface area contributed by atoms with Gasteiger partial charge in [-0.3, -0.25) is 0 Å². The van der Waals surface area contributed by atoms with Gasteiger partial charge in [-0.25, -0.2) is 0 Å². The Morgan fingerprint density at radius 2 is 0.386 bits per heavy atom. The van der Waals surface area contributed by atoms with Crippen LogP contribution in [0.1, 0.15) is 0 Å². The summed E-state index contributed by atoms with van der Waals surface area (Å²) in [5, 5.41) is 9.75. The zero-order chi connectivity index (χ0) is 38.4. The molecular weight excluding hydrogens is 693 g/mol. The van der Waals surface area contributed by atoms with Crippen LogP contribution in [0.4, 0.5) is 34.1 Å². The molecule has 0 spiro atoms. The van der Waals surface area contributed by atoms with E-state index in [0.29, 0.717) is 0 Å². The summed E-state index contributed by atoms with van der Waals surface area (Å²) in [6.07, 6.45) is 0. The Bertz CT molecular complexity index is 2580. The highest BCUT2D eigenvalue weighted by molar-refractivity contribution is 5.83. The molecule has 57 heavy (non-hydrogen) atoms. The maximum Gasteiger partial charge on any atom is 0.115 e. The van der Waals surface area contributed by atoms with E-state index in [1.54, 1.807) is 12.1 Å². The molecule has 0 bridgehead atoms. The van der Waals surface area contributed by atoms with Crippen LogP contribution in [-0.4, -0.2) is 5.11 Å². The number of rotatable bonds is 10. The average molecular weight is 733 g/mol. The minimum Gasteiger partial charge on any atom is -0.508 e. The van der Waals surface area contributed by atoms with E-state index in [0.717, 1.165) is 56.4 Å². The molecule has 272 valence electrons. The van der Waals surface area contributed by atoms with Crippen LogP contribution in [0.3, 0.4) is 0 Å². The molecule has 0 unspecified atom stereocenters. The number of hydrogen-bond acceptors (Lipinski definition) is 3. The number of para-hydroxylation sites is 1. The summed E-state index contributed by atoms with van der Waals surface area (Å²) in [6.45, 7) is 0. The third-order valence-corrected chi connectivity index (χ3v) is 10.4. The second kappa shape index (κ2) is 16.0. The first-order valence-corrected chi connectivity index (χ1v) is 19.2. The van der Waals surface area contributed by atoms with Gasteiger partial charge >= 0.3 is 0 Å². The molecule has 0 amide bonds. The van der Waals surface area contributed by atoms with Crippen LogP contribution < -0.4 is 9.80 Å². The van der Waals surface area contributed by atoms with Crippen molar-refractivity contribution in [3.63, 3.8) is 0 Å². The van der Waals surface area contributed by atoms with Gasteiger partial charge < -0.3 is 14.9 Å². The molecule has 0 aromatic heterocycles. The zero-order valence-electron chi connectivity index (χ0n) is 31.4. The van der Waals surface area contributed by atoms with Crippen molar-refractivity contribution >= 4 is 34.1 Å². The van der Waals surface area contributed by atoms with Crippen LogP contribution in [0.2, 0.25) is 0 Å². The van der Waals surface area contributed by atoms with Gasteiger partial charge in [-0.15, -0.1) is 0 Å². The van der Waals surface area contributed by atoms with Crippen molar-refractivity contribution in [3.05, 3.63) is 237 Å². The van der Waals surface area contributed by atoms with Gasteiger partial charge in [-0.05, 0) is 129 Å². The van der Waals surface area contributed by atoms with Crippen molar-refractivity contribution in [3.8, 4) is 50.3 Å². The van der Waals surface area contributed by atoms with E-state index in [9.17, 15) is 5.11 Å². The van der Waals surface area contributed by atoms with Gasteiger partial charge in [-0.1, -0.05) is 152 Å². The second-order valence-electron chi connectivity index (χ2n) is 14.0. The summed E-state index contributed by atoms with van der Waals surface area (Å²) in [4.78, 5) is 4.60. The Hall–Kier alpha value is -7.62. The SMILES string of the molecule is Oc1ccc(-c2ccc(N(c3ccccc3)c3ccc(-c4ccc(N(c5ccc(-c6ccccc6)cc5)c5ccc(-c6ccccc6)cc5)cc4)cc3)cc2)cc1. The van der Waals surface area contributed by atoms with Crippen molar-refractivity contribution in [1.82, 2.24) is 0 Å². The Kier molecular flexibility index (Phi) is 9.86. The van der Waals surface area contributed by atoms with E-state index in [1.165, 1.54) is 22.3 Å². The van der Waals surface area contributed by atoms with Gasteiger partial charge in [0.2, 0.25) is 0 Å². The Morgan fingerprint density at radius 3 is 0.649 bits per heavy atom. The molecule has 0 saturated heterocycles. The van der Waals surface area contributed by atoms with E-state index < -0.39 is 0 Å². The lowest BCUT2D eigenvalue weighted by atomic mass is 10.0. The lowest BCUT2D eigenvalue weighted by Crippen LogP contribution is -2.10. The fourth-order valence-corrected chi connectivity index (χ4v) is 7.40. The molecule has 0 aliphatic carbocycles.